The minimum absolute atomic E-state index is 0.0126. The summed E-state index contributed by atoms with van der Waals surface area (Å²) >= 11 is 0. The number of benzene rings is 2. The van der Waals surface area contributed by atoms with E-state index in [1.165, 1.54) is 0 Å². The maximum absolute atomic E-state index is 12.2. The first-order valence-corrected chi connectivity index (χ1v) is 11.8. The fourth-order valence-electron chi connectivity index (χ4n) is 4.06. The van der Waals surface area contributed by atoms with Crippen LogP contribution in [0.1, 0.15) is 54.8 Å². The number of carbonyl (C=O) groups excluding carboxylic acids is 1. The summed E-state index contributed by atoms with van der Waals surface area (Å²) in [5.41, 5.74) is 3.23. The Balaban J connectivity index is 1.75. The maximum atomic E-state index is 12.2. The van der Waals surface area contributed by atoms with Crippen LogP contribution in [-0.4, -0.2) is 53.2 Å². The van der Waals surface area contributed by atoms with Crippen LogP contribution < -0.4 is 5.32 Å². The molecule has 1 saturated heterocycles. The molecule has 0 unspecified atom stereocenters. The number of hydrogen-bond donors (Lipinski definition) is 3. The van der Waals surface area contributed by atoms with Crippen molar-refractivity contribution in [2.75, 3.05) is 25.5 Å². The second-order valence-electron chi connectivity index (χ2n) is 8.78. The molecule has 1 aliphatic heterocycles. The largest absolute Gasteiger partial charge is 0.481 e. The zero-order valence-electron chi connectivity index (χ0n) is 20.1. The number of nitrogens with zero attached hydrogens (tertiary/aromatic N) is 1. The molecular weight excluding hydrogens is 448 g/mol. The zero-order chi connectivity index (χ0) is 25.2. The van der Waals surface area contributed by atoms with Gasteiger partial charge in [-0.25, -0.2) is 0 Å². The van der Waals surface area contributed by atoms with Crippen LogP contribution in [0, 0.1) is 0 Å². The van der Waals surface area contributed by atoms with E-state index >= 15 is 0 Å². The smallest absolute Gasteiger partial charge is 0.303 e. The van der Waals surface area contributed by atoms with Crippen LogP contribution in [0.4, 0.5) is 5.69 Å². The van der Waals surface area contributed by atoms with Gasteiger partial charge in [0.2, 0.25) is 5.91 Å². The summed E-state index contributed by atoms with van der Waals surface area (Å²) in [4.78, 5) is 25.0. The molecular formula is C27H34N2O6. The number of hydrogen-bond acceptors (Lipinski definition) is 6. The summed E-state index contributed by atoms with van der Waals surface area (Å²) in [6.45, 7) is 5.24. The summed E-state index contributed by atoms with van der Waals surface area (Å²) < 4.78 is 12.7. The number of ether oxygens (including phenoxy) is 2. The quantitative estimate of drug-likeness (QED) is 0.392. The van der Waals surface area contributed by atoms with Crippen molar-refractivity contribution in [1.82, 2.24) is 4.90 Å². The fourth-order valence-corrected chi connectivity index (χ4v) is 4.06. The predicted molar refractivity (Wildman–Crippen MR) is 133 cm³/mol. The molecule has 1 heterocycles. The molecule has 1 aliphatic rings. The molecule has 0 aliphatic carbocycles. The topological polar surface area (TPSA) is 108 Å². The molecule has 2 aromatic rings. The Morgan fingerprint density at radius 2 is 1.91 bits per heavy atom. The van der Waals surface area contributed by atoms with E-state index in [-0.39, 0.29) is 44.0 Å². The third-order valence-electron chi connectivity index (χ3n) is 5.81. The van der Waals surface area contributed by atoms with Crippen molar-refractivity contribution in [3.63, 3.8) is 0 Å². The number of aliphatic hydroxyl groups excluding tert-OH is 1. The average molecular weight is 483 g/mol. The molecule has 8 nitrogen and oxygen atoms in total. The van der Waals surface area contributed by atoms with E-state index in [1.54, 1.807) is 6.07 Å². The Labute approximate surface area is 206 Å². The van der Waals surface area contributed by atoms with Crippen LogP contribution in [-0.2, 0) is 25.7 Å². The van der Waals surface area contributed by atoms with Crippen LogP contribution in [0.5, 0.6) is 0 Å². The number of nitrogens with one attached hydrogen (secondary N) is 1. The number of aliphatic hydroxyl groups is 1. The lowest BCUT2D eigenvalue weighted by atomic mass is 9.99. The van der Waals surface area contributed by atoms with Crippen molar-refractivity contribution < 1.29 is 29.3 Å². The van der Waals surface area contributed by atoms with Gasteiger partial charge in [-0.1, -0.05) is 42.5 Å². The van der Waals surface area contributed by atoms with Crippen molar-refractivity contribution >= 4 is 17.6 Å². The first-order valence-electron chi connectivity index (χ1n) is 11.8. The highest BCUT2D eigenvalue weighted by Crippen LogP contribution is 2.38. The molecule has 3 N–H and O–H groups in total. The second-order valence-corrected chi connectivity index (χ2v) is 8.78. The molecule has 2 aromatic carbocycles. The highest BCUT2D eigenvalue weighted by atomic mass is 16.7. The van der Waals surface area contributed by atoms with Gasteiger partial charge < -0.3 is 29.9 Å². The summed E-state index contributed by atoms with van der Waals surface area (Å²) in [6, 6.07) is 15.0. The van der Waals surface area contributed by atoms with E-state index in [2.05, 4.69) is 16.8 Å². The number of anilines is 1. The van der Waals surface area contributed by atoms with E-state index in [9.17, 15) is 14.7 Å². The highest BCUT2D eigenvalue weighted by Gasteiger charge is 2.32. The number of rotatable bonds is 12. The number of aliphatic carboxylic acids is 1. The van der Waals surface area contributed by atoms with Gasteiger partial charge in [-0.2, -0.15) is 0 Å². The minimum Gasteiger partial charge on any atom is -0.481 e. The third-order valence-corrected chi connectivity index (χ3v) is 5.81. The van der Waals surface area contributed by atoms with E-state index in [0.717, 1.165) is 23.2 Å². The first-order chi connectivity index (χ1) is 16.9. The van der Waals surface area contributed by atoms with E-state index < -0.39 is 12.3 Å². The maximum Gasteiger partial charge on any atom is 0.303 e. The predicted octanol–water partition coefficient (Wildman–Crippen LogP) is 4.04. The molecule has 0 spiro atoms. The Hall–Kier alpha value is -3.04. The molecule has 3 rings (SSSR count). The lowest BCUT2D eigenvalue weighted by Gasteiger charge is -2.37. The molecule has 0 radical (unpaired) electrons. The van der Waals surface area contributed by atoms with Crippen LogP contribution in [0.25, 0.3) is 0 Å². The van der Waals surface area contributed by atoms with Crippen LogP contribution in [0.3, 0.4) is 0 Å². The number of carboxylic acids is 1. The zero-order valence-corrected chi connectivity index (χ0v) is 20.1. The lowest BCUT2D eigenvalue weighted by molar-refractivity contribution is -0.252. The van der Waals surface area contributed by atoms with Gasteiger partial charge in [0.1, 0.15) is 0 Å². The van der Waals surface area contributed by atoms with Crippen molar-refractivity contribution in [1.29, 1.82) is 0 Å². The van der Waals surface area contributed by atoms with Gasteiger partial charge in [0, 0.05) is 43.6 Å². The van der Waals surface area contributed by atoms with Crippen molar-refractivity contribution in [3.05, 3.63) is 77.9 Å². The number of likely N-dealkylation sites (N-methyl/N-ethyl adjacent to an activating group) is 1. The molecule has 8 heteroatoms. The monoisotopic (exact) mass is 482 g/mol. The Bertz CT molecular complexity index is 993. The Morgan fingerprint density at radius 3 is 2.60 bits per heavy atom. The normalized spacial score (nSPS) is 19.9. The lowest BCUT2D eigenvalue weighted by Crippen LogP contribution is -2.37. The third kappa shape index (κ3) is 8.29. The number of carboxylic acid groups (broad SMARTS) is 1. The molecule has 3 atom stereocenters. The summed E-state index contributed by atoms with van der Waals surface area (Å²) in [5, 5.41) is 20.9. The van der Waals surface area contributed by atoms with Gasteiger partial charge in [0.15, 0.2) is 6.29 Å². The SMILES string of the molecule is C=CCN(C)C[C@@H]1C[C@H](c2ccc(CO)cc2)O[C@H](c2cccc(NC(=O)CCCC(=O)O)c2)O1. The van der Waals surface area contributed by atoms with Gasteiger partial charge in [0.25, 0.3) is 0 Å². The summed E-state index contributed by atoms with van der Waals surface area (Å²) in [7, 11) is 2.01. The molecule has 1 amide bonds. The van der Waals surface area contributed by atoms with Gasteiger partial charge >= 0.3 is 5.97 Å². The van der Waals surface area contributed by atoms with Crippen LogP contribution in [0.15, 0.2) is 61.2 Å². The van der Waals surface area contributed by atoms with E-state index in [0.29, 0.717) is 18.7 Å². The van der Waals surface area contributed by atoms with Crippen LogP contribution >= 0.6 is 0 Å². The second kappa shape index (κ2) is 13.2. The molecule has 0 aromatic heterocycles. The Morgan fingerprint density at radius 1 is 1.14 bits per heavy atom. The number of carbonyl (C=O) groups is 2. The van der Waals surface area contributed by atoms with Crippen LogP contribution in [0.2, 0.25) is 0 Å². The van der Waals surface area contributed by atoms with Gasteiger partial charge in [0.05, 0.1) is 18.8 Å². The van der Waals surface area contributed by atoms with Gasteiger partial charge in [-0.05, 0) is 36.7 Å². The first kappa shape index (κ1) is 26.6. The van der Waals surface area contributed by atoms with Crippen molar-refractivity contribution in [3.8, 4) is 0 Å². The molecule has 0 saturated carbocycles. The highest BCUT2D eigenvalue weighted by molar-refractivity contribution is 5.90. The Kier molecular flexibility index (Phi) is 9.98. The van der Waals surface area contributed by atoms with E-state index in [1.807, 2.05) is 55.6 Å². The van der Waals surface area contributed by atoms with Gasteiger partial charge in [-0.15, -0.1) is 6.58 Å². The number of amides is 1. The minimum atomic E-state index is -0.916. The van der Waals surface area contributed by atoms with E-state index in [4.69, 9.17) is 14.6 Å². The molecule has 0 bridgehead atoms. The fraction of sp³-hybridized carbons (Fsp3) is 0.407. The van der Waals surface area contributed by atoms with Crippen molar-refractivity contribution in [2.45, 2.75) is 50.8 Å². The standard InChI is InChI=1S/C27H34N2O6/c1-3-14-29(2)17-23-16-24(20-12-10-19(18-30)11-13-20)35-27(34-23)21-6-4-7-22(15-21)28-25(31)8-5-9-26(32)33/h3-4,6-7,10-13,15,23-24,27,30H,1,5,8-9,14,16-18H2,2H3,(H,28,31)(H,32,33)/t23-,24+,27+/m0/s1. The molecule has 1 fully saturated rings. The molecule has 188 valence electrons. The summed E-state index contributed by atoms with van der Waals surface area (Å²) in [6.07, 6.45) is 1.99. The molecule has 35 heavy (non-hydrogen) atoms. The van der Waals surface area contributed by atoms with Gasteiger partial charge in [-0.3, -0.25) is 9.59 Å². The summed E-state index contributed by atoms with van der Waals surface area (Å²) in [5.74, 6) is -1.15. The van der Waals surface area contributed by atoms with Crippen molar-refractivity contribution in [2.24, 2.45) is 0 Å². The average Bonchev–Trinajstić information content (AvgIpc) is 2.84.